The first-order chi connectivity index (χ1) is 10.6. The topological polar surface area (TPSA) is 100 Å². The lowest BCUT2D eigenvalue weighted by atomic mass is 10.2. The summed E-state index contributed by atoms with van der Waals surface area (Å²) in [7, 11) is 1.44. The van der Waals surface area contributed by atoms with Crippen LogP contribution in [-0.2, 0) is 9.59 Å². The molecule has 3 N–H and O–H groups in total. The minimum atomic E-state index is -0.797. The van der Waals surface area contributed by atoms with Gasteiger partial charge in [-0.05, 0) is 36.6 Å². The van der Waals surface area contributed by atoms with Crippen molar-refractivity contribution in [2.24, 2.45) is 5.10 Å². The van der Waals surface area contributed by atoms with Crippen molar-refractivity contribution < 1.29 is 19.4 Å². The normalized spacial score (nSPS) is 15.0. The first kappa shape index (κ1) is 15.8. The van der Waals surface area contributed by atoms with Crippen LogP contribution in [0.3, 0.4) is 0 Å². The molecule has 0 spiro atoms. The van der Waals surface area contributed by atoms with Gasteiger partial charge in [-0.1, -0.05) is 12.8 Å². The highest BCUT2D eigenvalue weighted by atomic mass is 16.5. The van der Waals surface area contributed by atoms with Crippen LogP contribution in [0, 0.1) is 0 Å². The first-order valence-electron chi connectivity index (χ1n) is 7.11. The Labute approximate surface area is 128 Å². The fraction of sp³-hybridized carbons (Fsp3) is 0.400. The zero-order chi connectivity index (χ0) is 15.9. The summed E-state index contributed by atoms with van der Waals surface area (Å²) in [5, 5.41) is 15.9. The number of rotatable bonds is 4. The molecular formula is C15H19N3O4. The molecule has 0 aromatic heterocycles. The minimum Gasteiger partial charge on any atom is -0.504 e. The number of ether oxygens (including phenoxy) is 1. The number of hydrazone groups is 1. The summed E-state index contributed by atoms with van der Waals surface area (Å²) >= 11 is 0. The zero-order valence-corrected chi connectivity index (χ0v) is 12.3. The average Bonchev–Trinajstić information content (AvgIpc) is 3.01. The summed E-state index contributed by atoms with van der Waals surface area (Å²) in [6.45, 7) is 0. The molecule has 1 aliphatic carbocycles. The second-order valence-corrected chi connectivity index (χ2v) is 5.09. The summed E-state index contributed by atoms with van der Waals surface area (Å²) in [5.41, 5.74) is 2.79. The van der Waals surface area contributed by atoms with Crippen molar-refractivity contribution in [1.82, 2.24) is 10.7 Å². The fourth-order valence-corrected chi connectivity index (χ4v) is 2.31. The number of hydrogen-bond donors (Lipinski definition) is 3. The predicted molar refractivity (Wildman–Crippen MR) is 80.8 cm³/mol. The number of methoxy groups -OCH3 is 1. The molecule has 0 saturated heterocycles. The molecule has 2 rings (SSSR count). The van der Waals surface area contributed by atoms with Crippen LogP contribution >= 0.6 is 0 Å². The van der Waals surface area contributed by atoms with E-state index in [4.69, 9.17) is 4.74 Å². The molecule has 7 heteroatoms. The Hall–Kier alpha value is -2.57. The van der Waals surface area contributed by atoms with Crippen LogP contribution < -0.4 is 15.5 Å². The molecule has 0 unspecified atom stereocenters. The van der Waals surface area contributed by atoms with Gasteiger partial charge in [0.2, 0.25) is 0 Å². The third kappa shape index (κ3) is 4.21. The van der Waals surface area contributed by atoms with Crippen LogP contribution in [0.2, 0.25) is 0 Å². The maximum absolute atomic E-state index is 11.6. The average molecular weight is 305 g/mol. The second kappa shape index (κ2) is 7.44. The Morgan fingerprint density at radius 1 is 1.32 bits per heavy atom. The Morgan fingerprint density at radius 3 is 2.73 bits per heavy atom. The van der Waals surface area contributed by atoms with Crippen LogP contribution in [0.1, 0.15) is 31.2 Å². The quantitative estimate of drug-likeness (QED) is 0.437. The van der Waals surface area contributed by atoms with E-state index in [1.165, 1.54) is 19.4 Å². The Morgan fingerprint density at radius 2 is 2.05 bits per heavy atom. The maximum Gasteiger partial charge on any atom is 0.329 e. The number of nitrogens with zero attached hydrogens (tertiary/aromatic N) is 1. The van der Waals surface area contributed by atoms with Crippen molar-refractivity contribution in [2.75, 3.05) is 7.11 Å². The molecule has 0 aliphatic heterocycles. The van der Waals surface area contributed by atoms with Gasteiger partial charge in [0.05, 0.1) is 13.3 Å². The molecule has 118 valence electrons. The Bertz CT molecular complexity index is 580. The van der Waals surface area contributed by atoms with Gasteiger partial charge in [-0.15, -0.1) is 0 Å². The van der Waals surface area contributed by atoms with Gasteiger partial charge in [0.15, 0.2) is 11.5 Å². The molecule has 0 bridgehead atoms. The van der Waals surface area contributed by atoms with Crippen molar-refractivity contribution in [3.8, 4) is 11.5 Å². The monoisotopic (exact) mass is 305 g/mol. The van der Waals surface area contributed by atoms with E-state index in [0.29, 0.717) is 11.3 Å². The molecule has 1 aromatic rings. The van der Waals surface area contributed by atoms with E-state index < -0.39 is 11.8 Å². The van der Waals surface area contributed by atoms with E-state index in [0.717, 1.165) is 25.7 Å². The summed E-state index contributed by atoms with van der Waals surface area (Å²) in [5.74, 6) is -1.16. The van der Waals surface area contributed by atoms with E-state index in [2.05, 4.69) is 15.8 Å². The number of carbonyl (C=O) groups excluding carboxylic acids is 2. The van der Waals surface area contributed by atoms with Gasteiger partial charge in [-0.3, -0.25) is 9.59 Å². The molecule has 1 aliphatic rings. The van der Waals surface area contributed by atoms with Crippen molar-refractivity contribution in [1.29, 1.82) is 0 Å². The van der Waals surface area contributed by atoms with E-state index in [1.807, 2.05) is 0 Å². The van der Waals surface area contributed by atoms with Gasteiger partial charge in [-0.2, -0.15) is 5.10 Å². The lowest BCUT2D eigenvalue weighted by molar-refractivity contribution is -0.139. The second-order valence-electron chi connectivity index (χ2n) is 5.09. The van der Waals surface area contributed by atoms with Crippen molar-refractivity contribution in [3.63, 3.8) is 0 Å². The lowest BCUT2D eigenvalue weighted by Crippen LogP contribution is -2.42. The third-order valence-electron chi connectivity index (χ3n) is 3.48. The Kier molecular flexibility index (Phi) is 5.35. The van der Waals surface area contributed by atoms with Gasteiger partial charge < -0.3 is 15.2 Å². The molecule has 1 fully saturated rings. The van der Waals surface area contributed by atoms with Crippen LogP contribution in [0.5, 0.6) is 11.5 Å². The van der Waals surface area contributed by atoms with Crippen LogP contribution in [0.15, 0.2) is 23.3 Å². The van der Waals surface area contributed by atoms with Crippen LogP contribution in [0.4, 0.5) is 0 Å². The van der Waals surface area contributed by atoms with E-state index >= 15 is 0 Å². The SMILES string of the molecule is COc1cc(/C=N\NC(=O)C(=O)NC2CCCC2)ccc1O. The molecule has 1 saturated carbocycles. The van der Waals surface area contributed by atoms with Gasteiger partial charge in [-0.25, -0.2) is 5.43 Å². The standard InChI is InChI=1S/C15H19N3O4/c1-22-13-8-10(6-7-12(13)19)9-16-18-15(21)14(20)17-11-4-2-3-5-11/h6-9,11,19H,2-5H2,1H3,(H,17,20)(H,18,21)/b16-9-. The summed E-state index contributed by atoms with van der Waals surface area (Å²) in [6, 6.07) is 4.70. The number of benzene rings is 1. The maximum atomic E-state index is 11.6. The summed E-state index contributed by atoms with van der Waals surface area (Å²) in [6.07, 6.45) is 5.34. The smallest absolute Gasteiger partial charge is 0.329 e. The molecule has 0 radical (unpaired) electrons. The van der Waals surface area contributed by atoms with Gasteiger partial charge in [0.25, 0.3) is 0 Å². The third-order valence-corrected chi connectivity index (χ3v) is 3.48. The van der Waals surface area contributed by atoms with Crippen LogP contribution in [0.25, 0.3) is 0 Å². The minimum absolute atomic E-state index is 0.0135. The number of amides is 2. The molecule has 22 heavy (non-hydrogen) atoms. The molecule has 0 atom stereocenters. The highest BCUT2D eigenvalue weighted by molar-refractivity contribution is 6.35. The predicted octanol–water partition coefficient (Wildman–Crippen LogP) is 0.910. The van der Waals surface area contributed by atoms with E-state index in [-0.39, 0.29) is 11.8 Å². The largest absolute Gasteiger partial charge is 0.504 e. The van der Waals surface area contributed by atoms with Gasteiger partial charge >= 0.3 is 11.8 Å². The fourth-order valence-electron chi connectivity index (χ4n) is 2.31. The number of hydrogen-bond acceptors (Lipinski definition) is 5. The van der Waals surface area contributed by atoms with Gasteiger partial charge in [0, 0.05) is 6.04 Å². The first-order valence-corrected chi connectivity index (χ1v) is 7.11. The number of aromatic hydroxyl groups is 1. The van der Waals surface area contributed by atoms with Crippen molar-refractivity contribution >= 4 is 18.0 Å². The number of nitrogens with one attached hydrogen (secondary N) is 2. The van der Waals surface area contributed by atoms with E-state index in [1.54, 1.807) is 12.1 Å². The number of phenolic OH excluding ortho intramolecular Hbond substituents is 1. The molecule has 7 nitrogen and oxygen atoms in total. The van der Waals surface area contributed by atoms with Gasteiger partial charge in [0.1, 0.15) is 0 Å². The molecule has 0 heterocycles. The number of carbonyl (C=O) groups is 2. The summed E-state index contributed by atoms with van der Waals surface area (Å²) in [4.78, 5) is 23.2. The van der Waals surface area contributed by atoms with Crippen LogP contribution in [-0.4, -0.2) is 36.3 Å². The highest BCUT2D eigenvalue weighted by Gasteiger charge is 2.20. The van der Waals surface area contributed by atoms with Crippen molar-refractivity contribution in [2.45, 2.75) is 31.7 Å². The summed E-state index contributed by atoms with van der Waals surface area (Å²) < 4.78 is 4.96. The zero-order valence-electron chi connectivity index (χ0n) is 12.3. The number of phenols is 1. The molecule has 2 amide bonds. The Balaban J connectivity index is 1.85. The molecular weight excluding hydrogens is 286 g/mol. The van der Waals surface area contributed by atoms with E-state index in [9.17, 15) is 14.7 Å². The molecule has 1 aromatic carbocycles. The van der Waals surface area contributed by atoms with Crippen molar-refractivity contribution in [3.05, 3.63) is 23.8 Å². The highest BCUT2D eigenvalue weighted by Crippen LogP contribution is 2.25. The lowest BCUT2D eigenvalue weighted by Gasteiger charge is -2.10.